The van der Waals surface area contributed by atoms with Crippen LogP contribution in [-0.2, 0) is 0 Å². The summed E-state index contributed by atoms with van der Waals surface area (Å²) in [5.41, 5.74) is 5.04. The summed E-state index contributed by atoms with van der Waals surface area (Å²) in [4.78, 5) is 0. The summed E-state index contributed by atoms with van der Waals surface area (Å²) in [6.45, 7) is 0. The van der Waals surface area contributed by atoms with Gasteiger partial charge in [0.1, 0.15) is 6.04 Å². The molecule has 19 heavy (non-hydrogen) atoms. The molecule has 0 bridgehead atoms. The molecule has 0 aliphatic carbocycles. The minimum absolute atomic E-state index is 0.126. The van der Waals surface area contributed by atoms with Gasteiger partial charge in [-0.1, -0.05) is 15.9 Å². The second-order valence-electron chi connectivity index (χ2n) is 3.68. The molecule has 0 amide bonds. The van der Waals surface area contributed by atoms with Gasteiger partial charge in [-0.3, -0.25) is 0 Å². The minimum atomic E-state index is -4.35. The average molecular weight is 346 g/mol. The van der Waals surface area contributed by atoms with Crippen LogP contribution in [0.3, 0.4) is 0 Å². The lowest BCUT2D eigenvalue weighted by Gasteiger charge is -2.24. The summed E-state index contributed by atoms with van der Waals surface area (Å²) in [5.74, 6) is -3.95. The molecule has 0 radical (unpaired) electrons. The number of hydrogen-bond donors (Lipinski definition) is 1. The zero-order valence-corrected chi connectivity index (χ0v) is 11.7. The van der Waals surface area contributed by atoms with Crippen LogP contribution in [0.1, 0.15) is 11.6 Å². The Kier molecular flexibility index (Phi) is 5.03. The first-order valence-corrected chi connectivity index (χ1v) is 5.88. The highest BCUT2D eigenvalue weighted by molar-refractivity contribution is 9.10. The van der Waals surface area contributed by atoms with Crippen LogP contribution in [0.2, 0.25) is 0 Å². The number of ether oxygens (including phenoxy) is 2. The van der Waals surface area contributed by atoms with E-state index in [9.17, 15) is 17.6 Å². The first kappa shape index (κ1) is 16.0. The molecule has 0 aliphatic rings. The maximum Gasteiger partial charge on any atom is 0.326 e. The zero-order valence-electron chi connectivity index (χ0n) is 10.1. The number of benzene rings is 1. The molecular weight excluding hydrogens is 334 g/mol. The number of halogens is 5. The monoisotopic (exact) mass is 345 g/mol. The van der Waals surface area contributed by atoms with Gasteiger partial charge in [-0.25, -0.2) is 8.78 Å². The lowest BCUT2D eigenvalue weighted by molar-refractivity contribution is -0.144. The third kappa shape index (κ3) is 3.11. The number of methoxy groups -OCH3 is 2. The molecule has 1 aromatic carbocycles. The Morgan fingerprint density at radius 2 is 1.63 bits per heavy atom. The van der Waals surface area contributed by atoms with Crippen LogP contribution in [-0.4, -0.2) is 26.6 Å². The molecule has 8 heteroatoms. The molecule has 1 aromatic rings. The molecule has 0 saturated carbocycles. The van der Waals surface area contributed by atoms with Crippen molar-refractivity contribution in [3.63, 3.8) is 0 Å². The van der Waals surface area contributed by atoms with E-state index in [1.54, 1.807) is 0 Å². The third-order valence-electron chi connectivity index (χ3n) is 2.54. The molecule has 1 atom stereocenters. The van der Waals surface area contributed by atoms with E-state index in [0.29, 0.717) is 0 Å². The van der Waals surface area contributed by atoms with Crippen molar-refractivity contribution in [1.29, 1.82) is 0 Å². The number of nitrogens with two attached hydrogens (primary N) is 1. The van der Waals surface area contributed by atoms with Crippen LogP contribution in [0.15, 0.2) is 16.6 Å². The molecule has 1 unspecified atom stereocenters. The molecule has 0 fully saturated rings. The molecular formula is C11H12BrF4NO2. The maximum absolute atomic E-state index is 13.3. The Morgan fingerprint density at radius 3 is 2.05 bits per heavy atom. The van der Waals surface area contributed by atoms with E-state index in [2.05, 4.69) is 15.9 Å². The predicted molar refractivity (Wildman–Crippen MR) is 65.1 cm³/mol. The molecule has 0 heterocycles. The highest BCUT2D eigenvalue weighted by Gasteiger charge is 2.48. The van der Waals surface area contributed by atoms with Gasteiger partial charge in [-0.15, -0.1) is 0 Å². The molecule has 108 valence electrons. The average Bonchev–Trinajstić information content (AvgIpc) is 2.37. The molecule has 0 saturated heterocycles. The second kappa shape index (κ2) is 5.96. The smallest absolute Gasteiger partial charge is 0.326 e. The van der Waals surface area contributed by atoms with Crippen LogP contribution in [0, 0.1) is 0 Å². The topological polar surface area (TPSA) is 44.5 Å². The second-order valence-corrected chi connectivity index (χ2v) is 4.54. The van der Waals surface area contributed by atoms with Crippen LogP contribution < -0.4 is 15.2 Å². The van der Waals surface area contributed by atoms with Crippen LogP contribution in [0.4, 0.5) is 17.6 Å². The van der Waals surface area contributed by atoms with Crippen molar-refractivity contribution in [3.8, 4) is 11.5 Å². The number of hydrogen-bond acceptors (Lipinski definition) is 3. The van der Waals surface area contributed by atoms with Crippen molar-refractivity contribution in [2.45, 2.75) is 18.4 Å². The highest BCUT2D eigenvalue weighted by Crippen LogP contribution is 2.41. The van der Waals surface area contributed by atoms with Gasteiger partial charge in [-0.05, 0) is 17.7 Å². The first-order valence-electron chi connectivity index (χ1n) is 5.08. The fourth-order valence-electron chi connectivity index (χ4n) is 1.45. The lowest BCUT2D eigenvalue weighted by Crippen LogP contribution is -2.39. The van der Waals surface area contributed by atoms with Crippen molar-refractivity contribution in [1.82, 2.24) is 0 Å². The zero-order chi connectivity index (χ0) is 14.8. The summed E-state index contributed by atoms with van der Waals surface area (Å²) in [5, 5.41) is 0. The number of alkyl halides is 4. The Bertz CT molecular complexity index is 457. The van der Waals surface area contributed by atoms with E-state index in [-0.39, 0.29) is 21.5 Å². The number of rotatable bonds is 5. The van der Waals surface area contributed by atoms with Gasteiger partial charge in [0.2, 0.25) is 0 Å². The Labute approximate surface area is 115 Å². The van der Waals surface area contributed by atoms with E-state index in [1.807, 2.05) is 0 Å². The molecule has 1 rings (SSSR count). The Morgan fingerprint density at radius 1 is 1.16 bits per heavy atom. The van der Waals surface area contributed by atoms with Gasteiger partial charge in [-0.2, -0.15) is 8.78 Å². The van der Waals surface area contributed by atoms with E-state index in [4.69, 9.17) is 15.2 Å². The Balaban J connectivity index is 3.28. The fraction of sp³-hybridized carbons (Fsp3) is 0.455. The van der Waals surface area contributed by atoms with Gasteiger partial charge >= 0.3 is 12.3 Å². The SMILES string of the molecule is COc1cc(Br)c(C(N)C(F)(F)C(F)F)cc1OC. The van der Waals surface area contributed by atoms with Gasteiger partial charge in [0.15, 0.2) is 11.5 Å². The van der Waals surface area contributed by atoms with Crippen molar-refractivity contribution < 1.29 is 27.0 Å². The van der Waals surface area contributed by atoms with E-state index < -0.39 is 18.4 Å². The molecule has 2 N–H and O–H groups in total. The highest BCUT2D eigenvalue weighted by atomic mass is 79.9. The first-order chi connectivity index (χ1) is 8.75. The van der Waals surface area contributed by atoms with Gasteiger partial charge < -0.3 is 15.2 Å². The summed E-state index contributed by atoms with van der Waals surface area (Å²) in [7, 11) is 2.66. The van der Waals surface area contributed by atoms with E-state index in [0.717, 1.165) is 6.07 Å². The van der Waals surface area contributed by atoms with E-state index in [1.165, 1.54) is 20.3 Å². The summed E-state index contributed by atoms with van der Waals surface area (Å²) in [6, 6.07) is 0.307. The summed E-state index contributed by atoms with van der Waals surface area (Å²) >= 11 is 3.00. The van der Waals surface area contributed by atoms with Crippen LogP contribution in [0.25, 0.3) is 0 Å². The minimum Gasteiger partial charge on any atom is -0.493 e. The Hall–Kier alpha value is -1.02. The largest absolute Gasteiger partial charge is 0.493 e. The normalized spacial score (nSPS) is 13.5. The molecule has 0 spiro atoms. The van der Waals surface area contributed by atoms with Gasteiger partial charge in [0.25, 0.3) is 0 Å². The third-order valence-corrected chi connectivity index (χ3v) is 3.23. The summed E-state index contributed by atoms with van der Waals surface area (Å²) < 4.78 is 61.1. The van der Waals surface area contributed by atoms with Crippen LogP contribution >= 0.6 is 15.9 Å². The van der Waals surface area contributed by atoms with E-state index >= 15 is 0 Å². The van der Waals surface area contributed by atoms with Crippen molar-refractivity contribution in [3.05, 3.63) is 22.2 Å². The molecule has 0 aliphatic heterocycles. The summed E-state index contributed by atoms with van der Waals surface area (Å²) in [6.07, 6.45) is -3.86. The predicted octanol–water partition coefficient (Wildman–Crippen LogP) is 3.37. The maximum atomic E-state index is 13.3. The van der Waals surface area contributed by atoms with Crippen molar-refractivity contribution in [2.24, 2.45) is 5.73 Å². The molecule has 3 nitrogen and oxygen atoms in total. The lowest BCUT2D eigenvalue weighted by atomic mass is 10.0. The van der Waals surface area contributed by atoms with Gasteiger partial charge in [0, 0.05) is 4.47 Å². The van der Waals surface area contributed by atoms with Crippen molar-refractivity contribution >= 4 is 15.9 Å². The molecule has 0 aromatic heterocycles. The quantitative estimate of drug-likeness (QED) is 0.832. The van der Waals surface area contributed by atoms with Gasteiger partial charge in [0.05, 0.1) is 14.2 Å². The van der Waals surface area contributed by atoms with Crippen LogP contribution in [0.5, 0.6) is 11.5 Å². The standard InChI is InChI=1S/C11H12BrF4NO2/c1-18-7-3-5(6(12)4-8(7)19-2)9(17)11(15,16)10(13)14/h3-4,9-10H,17H2,1-2H3. The fourth-order valence-corrected chi connectivity index (χ4v) is 2.02. The van der Waals surface area contributed by atoms with Crippen molar-refractivity contribution in [2.75, 3.05) is 14.2 Å².